The maximum Gasteiger partial charge on any atom is 0.291 e. The van der Waals surface area contributed by atoms with Crippen LogP contribution in [0.4, 0.5) is 11.5 Å². The molecule has 7 nitrogen and oxygen atoms in total. The second-order valence-corrected chi connectivity index (χ2v) is 4.75. The first kappa shape index (κ1) is 13.2. The Hall–Kier alpha value is -2.22. The number of hydrogen-bond donors (Lipinski definition) is 3. The monoisotopic (exact) mass is 280 g/mol. The molecule has 0 aromatic carbocycles. The van der Waals surface area contributed by atoms with Crippen LogP contribution in [-0.2, 0) is 0 Å². The fourth-order valence-electron chi connectivity index (χ4n) is 1.38. The van der Waals surface area contributed by atoms with Gasteiger partial charge in [0.15, 0.2) is 22.4 Å². The number of carbonyl (C=O) groups excluding carboxylic acids is 1. The van der Waals surface area contributed by atoms with Gasteiger partial charge in [-0.25, -0.2) is 4.98 Å². The number of nitrogens with zero attached hydrogens (tertiary/aromatic N) is 1. The summed E-state index contributed by atoms with van der Waals surface area (Å²) in [5.41, 5.74) is 5.09. The van der Waals surface area contributed by atoms with Crippen LogP contribution in [0.25, 0.3) is 0 Å². The summed E-state index contributed by atoms with van der Waals surface area (Å²) < 4.78 is 4.92. The van der Waals surface area contributed by atoms with Crippen molar-refractivity contribution in [1.82, 2.24) is 9.97 Å². The lowest BCUT2D eigenvalue weighted by Gasteiger charge is -2.06. The van der Waals surface area contributed by atoms with E-state index in [2.05, 4.69) is 15.3 Å². The molecule has 8 heteroatoms. The van der Waals surface area contributed by atoms with Gasteiger partial charge in [-0.3, -0.25) is 14.6 Å². The summed E-state index contributed by atoms with van der Waals surface area (Å²) >= 11 is 1.35. The number of furan rings is 1. The molecule has 2 heterocycles. The van der Waals surface area contributed by atoms with Crippen LogP contribution in [0, 0.1) is 0 Å². The zero-order chi connectivity index (χ0) is 13.8. The molecule has 4 N–H and O–H groups in total. The average molecular weight is 280 g/mol. The molecular formula is C11H12N4O3S. The topological polar surface area (TPSA) is 114 Å². The van der Waals surface area contributed by atoms with Crippen LogP contribution < -0.4 is 16.6 Å². The number of anilines is 2. The normalized spacial score (nSPS) is 10.4. The highest BCUT2D eigenvalue weighted by Gasteiger charge is 2.15. The van der Waals surface area contributed by atoms with Crippen LogP contribution in [0.2, 0.25) is 0 Å². The minimum absolute atomic E-state index is 0.0281. The van der Waals surface area contributed by atoms with Crippen LogP contribution in [-0.4, -0.2) is 21.6 Å². The van der Waals surface area contributed by atoms with Crippen LogP contribution in [0.5, 0.6) is 0 Å². The van der Waals surface area contributed by atoms with E-state index in [1.807, 2.05) is 6.92 Å². The van der Waals surface area contributed by atoms with E-state index in [1.54, 1.807) is 6.07 Å². The molecule has 19 heavy (non-hydrogen) atoms. The van der Waals surface area contributed by atoms with E-state index < -0.39 is 11.5 Å². The lowest BCUT2D eigenvalue weighted by Crippen LogP contribution is -2.22. The number of aromatic amines is 1. The number of nitrogen functional groups attached to an aromatic ring is 1. The first-order chi connectivity index (χ1) is 9.11. The average Bonchev–Trinajstić information content (AvgIpc) is 2.88. The van der Waals surface area contributed by atoms with Gasteiger partial charge in [0.25, 0.3) is 11.5 Å². The number of nitrogens with two attached hydrogens (primary N) is 1. The molecule has 2 aromatic heterocycles. The number of rotatable bonds is 4. The van der Waals surface area contributed by atoms with Crippen LogP contribution in [0.15, 0.2) is 32.8 Å². The Morgan fingerprint density at radius 3 is 3.00 bits per heavy atom. The van der Waals surface area contributed by atoms with Gasteiger partial charge in [0.1, 0.15) is 0 Å². The van der Waals surface area contributed by atoms with Crippen molar-refractivity contribution >= 4 is 29.2 Å². The Balaban J connectivity index is 2.26. The van der Waals surface area contributed by atoms with Crippen LogP contribution in [0.3, 0.4) is 0 Å². The van der Waals surface area contributed by atoms with E-state index >= 15 is 0 Å². The third kappa shape index (κ3) is 2.97. The van der Waals surface area contributed by atoms with Gasteiger partial charge in [0.2, 0.25) is 0 Å². The molecule has 0 radical (unpaired) electrons. The number of carbonyl (C=O) groups is 1. The molecule has 100 valence electrons. The number of hydrogen-bond acceptors (Lipinski definition) is 6. The van der Waals surface area contributed by atoms with Gasteiger partial charge in [-0.2, -0.15) is 0 Å². The van der Waals surface area contributed by atoms with E-state index in [0.717, 1.165) is 5.75 Å². The zero-order valence-electron chi connectivity index (χ0n) is 10.1. The molecule has 2 rings (SSSR count). The highest BCUT2D eigenvalue weighted by Crippen LogP contribution is 2.16. The van der Waals surface area contributed by atoms with Crippen molar-refractivity contribution in [3.05, 3.63) is 34.5 Å². The predicted octanol–water partition coefficient (Wildman–Crippen LogP) is 1.31. The summed E-state index contributed by atoms with van der Waals surface area (Å²) in [4.78, 5) is 30.1. The fourth-order valence-corrected chi connectivity index (χ4v) is 1.98. The molecule has 0 aliphatic carbocycles. The molecule has 0 fully saturated rings. The van der Waals surface area contributed by atoms with Crippen molar-refractivity contribution in [1.29, 1.82) is 0 Å². The van der Waals surface area contributed by atoms with Crippen molar-refractivity contribution in [2.45, 2.75) is 12.1 Å². The number of aromatic nitrogens is 2. The first-order valence-corrected chi connectivity index (χ1v) is 6.47. The summed E-state index contributed by atoms with van der Waals surface area (Å²) in [6, 6.07) is 3.05. The maximum absolute atomic E-state index is 11.8. The summed E-state index contributed by atoms with van der Waals surface area (Å²) in [6.45, 7) is 1.92. The number of nitrogens with one attached hydrogen (secondary N) is 2. The lowest BCUT2D eigenvalue weighted by atomic mass is 10.4. The molecule has 0 saturated heterocycles. The van der Waals surface area contributed by atoms with Crippen molar-refractivity contribution < 1.29 is 9.21 Å². The second-order valence-electron chi connectivity index (χ2n) is 3.50. The van der Waals surface area contributed by atoms with Gasteiger partial charge in [-0.05, 0) is 17.9 Å². The van der Waals surface area contributed by atoms with Crippen LogP contribution in [0.1, 0.15) is 17.5 Å². The van der Waals surface area contributed by atoms with Crippen molar-refractivity contribution in [2.24, 2.45) is 0 Å². The Morgan fingerprint density at radius 1 is 1.63 bits per heavy atom. The number of thioether (sulfide) groups is 1. The third-order valence-electron chi connectivity index (χ3n) is 2.19. The molecule has 0 atom stereocenters. The first-order valence-electron chi connectivity index (χ1n) is 5.49. The third-order valence-corrected chi connectivity index (χ3v) is 2.95. The Labute approximate surface area is 112 Å². The standard InChI is InChI=1S/C11H12N4O3S/c1-2-19-11-14-8(12)7(10(17)15-11)13-9(16)6-4-3-5-18-6/h3-5H,2H2,1H3,(H,13,16)(H3,12,14,15,17). The second kappa shape index (κ2) is 5.61. The predicted molar refractivity (Wildman–Crippen MR) is 72.3 cm³/mol. The number of amides is 1. The summed E-state index contributed by atoms with van der Waals surface area (Å²) in [6.07, 6.45) is 1.36. The molecule has 2 aromatic rings. The lowest BCUT2D eigenvalue weighted by molar-refractivity contribution is 0.0996. The summed E-state index contributed by atoms with van der Waals surface area (Å²) in [7, 11) is 0. The van der Waals surface area contributed by atoms with Gasteiger partial charge >= 0.3 is 0 Å². The minimum Gasteiger partial charge on any atom is -0.459 e. The number of H-pyrrole nitrogens is 1. The molecule has 0 saturated carbocycles. The fraction of sp³-hybridized carbons (Fsp3) is 0.182. The highest BCUT2D eigenvalue weighted by molar-refractivity contribution is 7.99. The maximum atomic E-state index is 11.8. The molecule has 0 spiro atoms. The van der Waals surface area contributed by atoms with E-state index in [1.165, 1.54) is 24.1 Å². The molecule has 0 unspecified atom stereocenters. The van der Waals surface area contributed by atoms with Crippen molar-refractivity contribution in [3.63, 3.8) is 0 Å². The zero-order valence-corrected chi connectivity index (χ0v) is 10.9. The molecular weight excluding hydrogens is 268 g/mol. The van der Waals surface area contributed by atoms with E-state index in [4.69, 9.17) is 10.2 Å². The highest BCUT2D eigenvalue weighted by atomic mass is 32.2. The largest absolute Gasteiger partial charge is 0.459 e. The molecule has 0 aliphatic heterocycles. The minimum atomic E-state index is -0.556. The Morgan fingerprint density at radius 2 is 2.42 bits per heavy atom. The Kier molecular flexibility index (Phi) is 3.91. The van der Waals surface area contributed by atoms with Gasteiger partial charge in [0.05, 0.1) is 6.26 Å². The van der Waals surface area contributed by atoms with Gasteiger partial charge in [-0.1, -0.05) is 18.7 Å². The van der Waals surface area contributed by atoms with Gasteiger partial charge in [0, 0.05) is 0 Å². The quantitative estimate of drug-likeness (QED) is 0.574. The van der Waals surface area contributed by atoms with Gasteiger partial charge in [-0.15, -0.1) is 0 Å². The van der Waals surface area contributed by atoms with Gasteiger partial charge < -0.3 is 15.5 Å². The van der Waals surface area contributed by atoms with E-state index in [-0.39, 0.29) is 17.3 Å². The molecule has 1 amide bonds. The smallest absolute Gasteiger partial charge is 0.291 e. The van der Waals surface area contributed by atoms with E-state index in [0.29, 0.717) is 5.16 Å². The summed E-state index contributed by atoms with van der Waals surface area (Å²) in [5.74, 6) is 0.255. The molecule has 0 aliphatic rings. The summed E-state index contributed by atoms with van der Waals surface area (Å²) in [5, 5.41) is 2.79. The Bertz CT molecular complexity index is 636. The van der Waals surface area contributed by atoms with Crippen molar-refractivity contribution in [2.75, 3.05) is 16.8 Å². The van der Waals surface area contributed by atoms with Crippen molar-refractivity contribution in [3.8, 4) is 0 Å². The SMILES string of the molecule is CCSc1nc(N)c(NC(=O)c2ccco2)c(=O)[nH]1. The van der Waals surface area contributed by atoms with Crippen LogP contribution >= 0.6 is 11.8 Å². The molecule has 0 bridgehead atoms. The van der Waals surface area contributed by atoms with E-state index in [9.17, 15) is 9.59 Å².